The fourth-order valence-electron chi connectivity index (χ4n) is 6.68. The van der Waals surface area contributed by atoms with Crippen molar-refractivity contribution in [1.82, 2.24) is 0 Å². The summed E-state index contributed by atoms with van der Waals surface area (Å²) >= 11 is 0. The Morgan fingerprint density at radius 3 is 2.74 bits per heavy atom. The van der Waals surface area contributed by atoms with Gasteiger partial charge in [0, 0.05) is 12.3 Å². The normalized spacial score (nSPS) is 49.2. The summed E-state index contributed by atoms with van der Waals surface area (Å²) in [5.41, 5.74) is 2.55. The van der Waals surface area contributed by atoms with Crippen LogP contribution >= 0.6 is 0 Å². The van der Waals surface area contributed by atoms with Crippen LogP contribution in [0, 0.1) is 47.3 Å². The lowest BCUT2D eigenvalue weighted by atomic mass is 9.52. The number of rotatable bonds is 0. The van der Waals surface area contributed by atoms with E-state index in [4.69, 9.17) is 6.42 Å². The molecule has 0 aromatic rings. The van der Waals surface area contributed by atoms with Crippen molar-refractivity contribution in [3.8, 4) is 12.3 Å². The fraction of sp³-hybridized carbons (Fsp3) is 0.762. The van der Waals surface area contributed by atoms with E-state index in [2.05, 4.69) is 12.8 Å². The molecule has 2 heteroatoms. The molecule has 4 aliphatic carbocycles. The molecule has 0 aliphatic heterocycles. The van der Waals surface area contributed by atoms with Crippen LogP contribution in [0.4, 0.5) is 0 Å². The van der Waals surface area contributed by atoms with E-state index in [0.29, 0.717) is 29.5 Å². The highest BCUT2D eigenvalue weighted by Gasteiger charge is 2.58. The lowest BCUT2D eigenvalue weighted by Crippen LogP contribution is -2.48. The van der Waals surface area contributed by atoms with Crippen molar-refractivity contribution in [1.29, 1.82) is 0 Å². The van der Waals surface area contributed by atoms with Gasteiger partial charge in [0.2, 0.25) is 0 Å². The maximum Gasteiger partial charge on any atom is 0.158 e. The Morgan fingerprint density at radius 2 is 2.00 bits per heavy atom. The monoisotopic (exact) mass is 312 g/mol. The van der Waals surface area contributed by atoms with E-state index in [0.717, 1.165) is 37.7 Å². The minimum atomic E-state index is -0.329. The summed E-state index contributed by atoms with van der Waals surface area (Å²) in [6.07, 6.45) is 12.7. The van der Waals surface area contributed by atoms with Gasteiger partial charge in [-0.25, -0.2) is 0 Å². The number of hydrogen-bond acceptors (Lipinski definition) is 2. The van der Waals surface area contributed by atoms with Gasteiger partial charge < -0.3 is 5.11 Å². The number of carbonyl (C=O) groups excluding carboxylic acids is 1. The summed E-state index contributed by atoms with van der Waals surface area (Å²) in [7, 11) is 0. The summed E-state index contributed by atoms with van der Waals surface area (Å²) in [5, 5.41) is 10.7. The van der Waals surface area contributed by atoms with Crippen LogP contribution in [0.2, 0.25) is 0 Å². The highest BCUT2D eigenvalue weighted by atomic mass is 16.3. The van der Waals surface area contributed by atoms with Crippen LogP contribution in [0.1, 0.15) is 58.8 Å². The van der Waals surface area contributed by atoms with Crippen molar-refractivity contribution in [3.05, 3.63) is 11.1 Å². The molecule has 4 rings (SSSR count). The summed E-state index contributed by atoms with van der Waals surface area (Å²) in [5.74, 6) is 5.86. The number of terminal acetylenes is 1. The third-order valence-electron chi connectivity index (χ3n) is 8.00. The first-order valence-electron chi connectivity index (χ1n) is 9.34. The molecule has 23 heavy (non-hydrogen) atoms. The number of aliphatic hydroxyl groups is 1. The molecule has 0 amide bonds. The Bertz CT molecular complexity index is 610. The van der Waals surface area contributed by atoms with Crippen molar-refractivity contribution < 1.29 is 9.90 Å². The Kier molecular flexibility index (Phi) is 3.50. The highest BCUT2D eigenvalue weighted by Crippen LogP contribution is 2.63. The zero-order chi connectivity index (χ0) is 16.4. The Balaban J connectivity index is 1.66. The van der Waals surface area contributed by atoms with Crippen molar-refractivity contribution in [3.63, 3.8) is 0 Å². The van der Waals surface area contributed by atoms with E-state index in [-0.39, 0.29) is 17.4 Å². The lowest BCUT2D eigenvalue weighted by molar-refractivity contribution is -0.117. The minimum absolute atomic E-state index is 0.0128. The van der Waals surface area contributed by atoms with Gasteiger partial charge in [-0.15, -0.1) is 12.3 Å². The zero-order valence-electron chi connectivity index (χ0n) is 14.3. The van der Waals surface area contributed by atoms with Gasteiger partial charge in [-0.3, -0.25) is 4.79 Å². The summed E-state index contributed by atoms with van der Waals surface area (Å²) in [4.78, 5) is 12.1. The molecule has 0 aromatic heterocycles. The molecule has 0 aromatic carbocycles. The number of ketones is 1. The van der Waals surface area contributed by atoms with Crippen LogP contribution < -0.4 is 0 Å². The van der Waals surface area contributed by atoms with Gasteiger partial charge >= 0.3 is 0 Å². The average Bonchev–Trinajstić information content (AvgIpc) is 2.82. The third kappa shape index (κ3) is 2.02. The van der Waals surface area contributed by atoms with Crippen molar-refractivity contribution in [2.45, 2.75) is 64.9 Å². The van der Waals surface area contributed by atoms with E-state index >= 15 is 0 Å². The molecule has 7 atom stereocenters. The first-order valence-corrected chi connectivity index (χ1v) is 9.34. The summed E-state index contributed by atoms with van der Waals surface area (Å²) in [6.45, 7) is 4.32. The van der Waals surface area contributed by atoms with Gasteiger partial charge in [0.15, 0.2) is 5.78 Å². The number of carbonyl (C=O) groups is 1. The first-order chi connectivity index (χ1) is 11.0. The largest absolute Gasteiger partial charge is 0.391 e. The van der Waals surface area contributed by atoms with Crippen molar-refractivity contribution in [2.75, 3.05) is 0 Å². The smallest absolute Gasteiger partial charge is 0.158 e. The topological polar surface area (TPSA) is 37.3 Å². The first kappa shape index (κ1) is 15.5. The molecule has 2 nitrogen and oxygen atoms in total. The second-order valence-corrected chi connectivity index (χ2v) is 8.69. The molecule has 0 spiro atoms. The molecule has 0 heterocycles. The fourth-order valence-corrected chi connectivity index (χ4v) is 6.68. The number of hydrogen-bond donors (Lipinski definition) is 1. The van der Waals surface area contributed by atoms with Gasteiger partial charge in [-0.05, 0) is 80.1 Å². The Labute approximate surface area is 139 Å². The SMILES string of the molecule is C#C[C@@H]1CC2C3CCC4=C(C)C(=O)CCC4C3CCC2(C)C1O. The quantitative estimate of drug-likeness (QED) is 0.692. The number of aliphatic hydroxyl groups excluding tert-OH is 1. The second-order valence-electron chi connectivity index (χ2n) is 8.69. The molecule has 0 saturated heterocycles. The van der Waals surface area contributed by atoms with E-state index in [9.17, 15) is 9.90 Å². The number of allylic oxidation sites excluding steroid dienone is 1. The minimum Gasteiger partial charge on any atom is -0.391 e. The van der Waals surface area contributed by atoms with Gasteiger partial charge in [0.1, 0.15) is 0 Å². The van der Waals surface area contributed by atoms with Gasteiger partial charge in [0.25, 0.3) is 0 Å². The maximum absolute atomic E-state index is 12.1. The van der Waals surface area contributed by atoms with Gasteiger partial charge in [0.05, 0.1) is 6.10 Å². The van der Waals surface area contributed by atoms with Crippen molar-refractivity contribution in [2.24, 2.45) is 35.0 Å². The molecule has 124 valence electrons. The summed E-state index contributed by atoms with van der Waals surface area (Å²) in [6, 6.07) is 0. The van der Waals surface area contributed by atoms with Crippen LogP contribution in [-0.2, 0) is 4.79 Å². The van der Waals surface area contributed by atoms with Gasteiger partial charge in [-0.1, -0.05) is 12.5 Å². The number of fused-ring (bicyclic) bond motifs is 5. The number of Topliss-reactive ketones (excluding diaryl/α,β-unsaturated/α-hetero) is 1. The zero-order valence-corrected chi connectivity index (χ0v) is 14.3. The molecule has 1 N–H and O–H groups in total. The summed E-state index contributed by atoms with van der Waals surface area (Å²) < 4.78 is 0. The second kappa shape index (κ2) is 5.21. The highest BCUT2D eigenvalue weighted by molar-refractivity contribution is 5.96. The van der Waals surface area contributed by atoms with Crippen LogP contribution in [0.3, 0.4) is 0 Å². The molecule has 3 saturated carbocycles. The van der Waals surface area contributed by atoms with E-state index in [1.807, 2.05) is 6.92 Å². The molecular weight excluding hydrogens is 284 g/mol. The maximum atomic E-state index is 12.1. The molecule has 6 unspecified atom stereocenters. The van der Waals surface area contributed by atoms with Crippen LogP contribution in [-0.4, -0.2) is 17.0 Å². The Hall–Kier alpha value is -1.07. The van der Waals surface area contributed by atoms with Crippen LogP contribution in [0.25, 0.3) is 0 Å². The van der Waals surface area contributed by atoms with Crippen LogP contribution in [0.15, 0.2) is 11.1 Å². The molecule has 3 fully saturated rings. The van der Waals surface area contributed by atoms with E-state index < -0.39 is 0 Å². The predicted octanol–water partition coefficient (Wildman–Crippen LogP) is 3.74. The third-order valence-corrected chi connectivity index (χ3v) is 8.00. The van der Waals surface area contributed by atoms with Crippen LogP contribution in [0.5, 0.6) is 0 Å². The van der Waals surface area contributed by atoms with E-state index in [1.54, 1.807) is 0 Å². The van der Waals surface area contributed by atoms with Crippen molar-refractivity contribution >= 4 is 5.78 Å². The van der Waals surface area contributed by atoms with E-state index in [1.165, 1.54) is 18.4 Å². The van der Waals surface area contributed by atoms with Gasteiger partial charge in [-0.2, -0.15) is 0 Å². The molecule has 4 aliphatic rings. The Morgan fingerprint density at radius 1 is 1.22 bits per heavy atom. The standard InChI is InChI=1S/C21H28O2/c1-4-13-11-18-17-6-5-14-12(2)19(22)8-7-15(14)16(17)9-10-21(18,3)20(13)23/h1,13,15-18,20,23H,5-11H2,2-3H3/t13-,15?,16?,17?,18?,20?,21?/m1/s1. The molecular formula is C21H28O2. The predicted molar refractivity (Wildman–Crippen MR) is 90.4 cm³/mol. The lowest BCUT2D eigenvalue weighted by Gasteiger charge is -2.53. The molecule has 0 radical (unpaired) electrons. The molecule has 0 bridgehead atoms. The average molecular weight is 312 g/mol.